The van der Waals surface area contributed by atoms with Gasteiger partial charge in [0.15, 0.2) is 0 Å². The number of hydrogen-bond acceptors (Lipinski definition) is 1. The van der Waals surface area contributed by atoms with Crippen LogP contribution in [-0.2, 0) is 0 Å². The zero-order valence-corrected chi connectivity index (χ0v) is 15.8. The van der Waals surface area contributed by atoms with E-state index in [-0.39, 0.29) is 0 Å². The Labute approximate surface area is 146 Å². The van der Waals surface area contributed by atoms with Crippen molar-refractivity contribution in [1.82, 2.24) is 0 Å². The first-order chi connectivity index (χ1) is 11.2. The molecule has 0 unspecified atom stereocenters. The Kier molecular flexibility index (Phi) is 5.18. The Bertz CT molecular complexity index is 755. The van der Waals surface area contributed by atoms with Crippen LogP contribution in [0.25, 0.3) is 0 Å². The average molecular weight is 384 g/mol. The van der Waals surface area contributed by atoms with Gasteiger partial charge in [-0.05, 0) is 0 Å². The van der Waals surface area contributed by atoms with Crippen LogP contribution in [0, 0.1) is 0 Å². The van der Waals surface area contributed by atoms with Crippen molar-refractivity contribution in [3.63, 3.8) is 0 Å². The van der Waals surface area contributed by atoms with Gasteiger partial charge in [-0.25, -0.2) is 0 Å². The van der Waals surface area contributed by atoms with E-state index < -0.39 is 5.51 Å². The predicted octanol–water partition coefficient (Wildman–Crippen LogP) is 3.50. The molecule has 3 aromatic rings. The molecule has 0 aromatic heterocycles. The monoisotopic (exact) mass is 385 g/mol. The third kappa shape index (κ3) is 3.35. The van der Waals surface area contributed by atoms with Crippen molar-refractivity contribution in [3.05, 3.63) is 84.9 Å². The van der Waals surface area contributed by atoms with E-state index in [1.165, 1.54) is 21.6 Å². The molecule has 1 N–H and O–H groups in total. The Morgan fingerprint density at radius 2 is 1.13 bits per heavy atom. The molecule has 1 nitrogen and oxygen atoms in total. The molecule has 0 heterocycles. The average Bonchev–Trinajstić information content (AvgIpc) is 2.63. The molecule has 3 rings (SSSR count). The fourth-order valence-electron chi connectivity index (χ4n) is 2.72. The molecular formula is C20H20NPSe. The molecule has 0 atom stereocenters. The normalized spacial score (nSPS) is 11.2. The minimum atomic E-state index is -1.72. The quantitative estimate of drug-likeness (QED) is 0.525. The number of nitrogens with one attached hydrogen (secondary N) is 1. The Morgan fingerprint density at radius 1 is 0.696 bits per heavy atom. The van der Waals surface area contributed by atoms with Gasteiger partial charge in [0.05, 0.1) is 0 Å². The van der Waals surface area contributed by atoms with Crippen LogP contribution in [0.3, 0.4) is 0 Å². The van der Waals surface area contributed by atoms with E-state index in [9.17, 15) is 0 Å². The van der Waals surface area contributed by atoms with E-state index in [1.54, 1.807) is 0 Å². The third-order valence-electron chi connectivity index (χ3n) is 3.85. The SMILES string of the molecule is CCNc1ccc(P(=[Se])(c2ccccc2)c2ccccc2)cc1. The topological polar surface area (TPSA) is 12.0 Å². The summed E-state index contributed by atoms with van der Waals surface area (Å²) in [5.41, 5.74) is -0.548. The van der Waals surface area contributed by atoms with E-state index in [2.05, 4.69) is 112 Å². The molecule has 0 aliphatic carbocycles. The van der Waals surface area contributed by atoms with Gasteiger partial charge < -0.3 is 0 Å². The minimum absolute atomic E-state index is 0.940. The molecule has 0 radical (unpaired) electrons. The van der Waals surface area contributed by atoms with Crippen LogP contribution < -0.4 is 21.2 Å². The van der Waals surface area contributed by atoms with Crippen molar-refractivity contribution in [3.8, 4) is 0 Å². The van der Waals surface area contributed by atoms with Crippen LogP contribution >= 0.6 is 5.51 Å². The molecule has 0 amide bonds. The fraction of sp³-hybridized carbons (Fsp3) is 0.100. The third-order valence-corrected chi connectivity index (χ3v) is 10.9. The van der Waals surface area contributed by atoms with E-state index in [1.807, 2.05) is 0 Å². The summed E-state index contributed by atoms with van der Waals surface area (Å²) in [4.78, 5) is 0. The molecule has 23 heavy (non-hydrogen) atoms. The van der Waals surface area contributed by atoms with Gasteiger partial charge >= 0.3 is 146 Å². The first kappa shape index (κ1) is 16.3. The summed E-state index contributed by atoms with van der Waals surface area (Å²) < 4.78 is 0. The molecular weight excluding hydrogens is 364 g/mol. The molecule has 3 aromatic carbocycles. The number of hydrogen-bond donors (Lipinski definition) is 1. The Balaban J connectivity index is 2.15. The zero-order valence-electron chi connectivity index (χ0n) is 13.1. The maximum absolute atomic E-state index is 3.58. The zero-order chi connectivity index (χ0) is 16.1. The van der Waals surface area contributed by atoms with Crippen molar-refractivity contribution in [1.29, 1.82) is 0 Å². The van der Waals surface area contributed by atoms with Crippen molar-refractivity contribution >= 4 is 42.2 Å². The second-order valence-corrected chi connectivity index (χ2v) is 11.6. The molecule has 0 aliphatic heterocycles. The summed E-state index contributed by atoms with van der Waals surface area (Å²) in [6.07, 6.45) is 0. The Morgan fingerprint density at radius 3 is 1.57 bits per heavy atom. The molecule has 0 fully saturated rings. The standard InChI is InChI=1S/C20H20NPSe/c1-2-21-17-13-15-20(16-14-17)22(23,18-9-5-3-6-10-18)19-11-7-4-8-12-19/h3-16,21H,2H2,1H3. The summed E-state index contributed by atoms with van der Waals surface area (Å²) >= 11 is 3.58. The summed E-state index contributed by atoms with van der Waals surface area (Å²) in [5, 5.41) is 7.45. The first-order valence-electron chi connectivity index (χ1n) is 7.81. The molecule has 0 aliphatic rings. The van der Waals surface area contributed by atoms with E-state index >= 15 is 0 Å². The van der Waals surface area contributed by atoms with Crippen molar-refractivity contribution < 1.29 is 0 Å². The molecule has 0 saturated heterocycles. The van der Waals surface area contributed by atoms with E-state index in [0.29, 0.717) is 0 Å². The van der Waals surface area contributed by atoms with Gasteiger partial charge in [0, 0.05) is 0 Å². The van der Waals surface area contributed by atoms with Gasteiger partial charge in [0.1, 0.15) is 0 Å². The first-order valence-corrected chi connectivity index (χ1v) is 11.8. The Hall–Kier alpha value is -1.59. The van der Waals surface area contributed by atoms with Crippen LogP contribution in [0.4, 0.5) is 5.69 Å². The van der Waals surface area contributed by atoms with E-state index in [0.717, 1.165) is 6.54 Å². The van der Waals surface area contributed by atoms with Crippen molar-refractivity contribution in [2.75, 3.05) is 11.9 Å². The second kappa shape index (κ2) is 7.32. The van der Waals surface area contributed by atoms with Gasteiger partial charge in [-0.3, -0.25) is 0 Å². The summed E-state index contributed by atoms with van der Waals surface area (Å²) in [6, 6.07) is 30.4. The predicted molar refractivity (Wildman–Crippen MR) is 105 cm³/mol. The van der Waals surface area contributed by atoms with Crippen molar-refractivity contribution in [2.45, 2.75) is 6.92 Å². The van der Waals surface area contributed by atoms with Crippen LogP contribution in [0.5, 0.6) is 0 Å². The van der Waals surface area contributed by atoms with Crippen LogP contribution in [-0.4, -0.2) is 21.6 Å². The molecule has 3 heteroatoms. The van der Waals surface area contributed by atoms with Crippen LogP contribution in [0.1, 0.15) is 6.92 Å². The van der Waals surface area contributed by atoms with Crippen molar-refractivity contribution in [2.24, 2.45) is 0 Å². The number of anilines is 1. The van der Waals surface area contributed by atoms with Crippen LogP contribution in [0.15, 0.2) is 84.9 Å². The molecule has 116 valence electrons. The summed E-state index contributed by atoms with van der Waals surface area (Å²) in [6.45, 7) is 3.06. The summed E-state index contributed by atoms with van der Waals surface area (Å²) in [7, 11) is 0. The number of rotatable bonds is 5. The van der Waals surface area contributed by atoms with Crippen LogP contribution in [0.2, 0.25) is 0 Å². The fourth-order valence-corrected chi connectivity index (χ4v) is 7.66. The summed E-state index contributed by atoms with van der Waals surface area (Å²) in [5.74, 6) is 0. The van der Waals surface area contributed by atoms with Gasteiger partial charge in [-0.15, -0.1) is 0 Å². The second-order valence-electron chi connectivity index (χ2n) is 5.36. The van der Waals surface area contributed by atoms with Gasteiger partial charge in [0.25, 0.3) is 0 Å². The maximum atomic E-state index is 3.58. The van der Waals surface area contributed by atoms with Gasteiger partial charge in [0.2, 0.25) is 0 Å². The molecule has 0 spiro atoms. The van der Waals surface area contributed by atoms with Gasteiger partial charge in [-0.2, -0.15) is 0 Å². The molecule has 0 bridgehead atoms. The molecule has 0 saturated carbocycles. The van der Waals surface area contributed by atoms with E-state index in [4.69, 9.17) is 0 Å². The number of benzene rings is 3. The van der Waals surface area contributed by atoms with Gasteiger partial charge in [-0.1, -0.05) is 0 Å².